The van der Waals surface area contributed by atoms with Gasteiger partial charge in [0.1, 0.15) is 11.5 Å². The standard InChI is InChI=1S/C45H72O2/c1-2-3-4-5-6-7-8-9-10-11-12-13-14-15-16-17-18-19-38-20-22-39(23-21-38)24-25-40-34-36-45(37-35-40,41-26-30-43(46)31-27-41)42-28-32-44(47)33-29-42/h26-33,38-40,46-47H,2-25,34-37H2,1H3. The van der Waals surface area contributed by atoms with Crippen molar-refractivity contribution in [2.75, 3.05) is 0 Å². The van der Waals surface area contributed by atoms with Crippen LogP contribution in [-0.4, -0.2) is 10.2 Å². The number of phenols is 2. The summed E-state index contributed by atoms with van der Waals surface area (Å²) in [4.78, 5) is 0. The molecule has 0 unspecified atom stereocenters. The fraction of sp³-hybridized carbons (Fsp3) is 0.733. The molecule has 2 heteroatoms. The van der Waals surface area contributed by atoms with Gasteiger partial charge in [0.25, 0.3) is 0 Å². The van der Waals surface area contributed by atoms with E-state index in [2.05, 4.69) is 31.2 Å². The first-order valence-corrected chi connectivity index (χ1v) is 20.7. The van der Waals surface area contributed by atoms with Gasteiger partial charge in [0.15, 0.2) is 0 Å². The molecule has 0 saturated heterocycles. The highest BCUT2D eigenvalue weighted by Crippen LogP contribution is 2.48. The summed E-state index contributed by atoms with van der Waals surface area (Å²) in [6.45, 7) is 2.30. The van der Waals surface area contributed by atoms with Crippen LogP contribution >= 0.6 is 0 Å². The minimum absolute atomic E-state index is 0.0115. The third-order valence-corrected chi connectivity index (χ3v) is 12.5. The molecule has 0 bridgehead atoms. The molecule has 0 aromatic heterocycles. The van der Waals surface area contributed by atoms with Gasteiger partial charge in [-0.25, -0.2) is 0 Å². The normalized spacial score (nSPS) is 20.0. The molecular weight excluding hydrogens is 572 g/mol. The number of hydrogen-bond acceptors (Lipinski definition) is 2. The van der Waals surface area contributed by atoms with Crippen molar-refractivity contribution >= 4 is 0 Å². The zero-order chi connectivity index (χ0) is 33.0. The average Bonchev–Trinajstić information content (AvgIpc) is 3.10. The van der Waals surface area contributed by atoms with Gasteiger partial charge in [-0.3, -0.25) is 0 Å². The van der Waals surface area contributed by atoms with Gasteiger partial charge >= 0.3 is 0 Å². The van der Waals surface area contributed by atoms with Gasteiger partial charge in [-0.2, -0.15) is 0 Å². The Hall–Kier alpha value is -1.96. The lowest BCUT2D eigenvalue weighted by Crippen LogP contribution is -2.33. The Kier molecular flexibility index (Phi) is 17.6. The molecule has 2 aromatic carbocycles. The van der Waals surface area contributed by atoms with E-state index in [0.29, 0.717) is 11.5 Å². The summed E-state index contributed by atoms with van der Waals surface area (Å²) in [7, 11) is 0. The van der Waals surface area contributed by atoms with Crippen molar-refractivity contribution < 1.29 is 10.2 Å². The molecule has 4 rings (SSSR count). The zero-order valence-corrected chi connectivity index (χ0v) is 30.5. The van der Waals surface area contributed by atoms with E-state index in [1.807, 2.05) is 24.3 Å². The molecule has 2 saturated carbocycles. The molecule has 2 fully saturated rings. The topological polar surface area (TPSA) is 40.5 Å². The van der Waals surface area contributed by atoms with Gasteiger partial charge in [-0.05, 0) is 78.8 Å². The molecule has 2 N–H and O–H groups in total. The molecule has 0 heterocycles. The molecule has 2 aliphatic rings. The van der Waals surface area contributed by atoms with Crippen LogP contribution in [0.4, 0.5) is 0 Å². The average molecular weight is 645 g/mol. The lowest BCUT2D eigenvalue weighted by Gasteiger charge is -2.42. The van der Waals surface area contributed by atoms with Crippen molar-refractivity contribution in [2.24, 2.45) is 17.8 Å². The molecule has 0 aliphatic heterocycles. The minimum atomic E-state index is -0.0115. The summed E-state index contributed by atoms with van der Waals surface area (Å²) in [5.41, 5.74) is 2.59. The lowest BCUT2D eigenvalue weighted by molar-refractivity contribution is 0.208. The molecule has 0 radical (unpaired) electrons. The van der Waals surface area contributed by atoms with Crippen LogP contribution in [0.1, 0.15) is 198 Å². The first-order chi connectivity index (χ1) is 23.1. The number of unbranched alkanes of at least 4 members (excludes halogenated alkanes) is 16. The van der Waals surface area contributed by atoms with Crippen molar-refractivity contribution in [3.05, 3.63) is 59.7 Å². The number of benzene rings is 2. The van der Waals surface area contributed by atoms with Crippen molar-refractivity contribution in [3.63, 3.8) is 0 Å². The van der Waals surface area contributed by atoms with Crippen molar-refractivity contribution in [1.82, 2.24) is 0 Å². The SMILES string of the molecule is CCCCCCCCCCCCCCCCCCCC1CCC(CCC2CCC(c3ccc(O)cc3)(c3ccc(O)cc3)CC2)CC1. The predicted molar refractivity (Wildman–Crippen MR) is 202 cm³/mol. The lowest BCUT2D eigenvalue weighted by atomic mass is 9.62. The Morgan fingerprint density at radius 2 is 0.745 bits per heavy atom. The molecular formula is C45H72O2. The predicted octanol–water partition coefficient (Wildman–Crippen LogP) is 14.2. The van der Waals surface area contributed by atoms with Crippen molar-refractivity contribution in [3.8, 4) is 11.5 Å². The molecule has 2 aromatic rings. The largest absolute Gasteiger partial charge is 0.508 e. The van der Waals surface area contributed by atoms with E-state index in [-0.39, 0.29) is 5.41 Å². The fourth-order valence-electron chi connectivity index (χ4n) is 9.20. The van der Waals surface area contributed by atoms with Crippen LogP contribution in [0.15, 0.2) is 48.5 Å². The van der Waals surface area contributed by atoms with Crippen LogP contribution in [0.2, 0.25) is 0 Å². The molecule has 2 aliphatic carbocycles. The summed E-state index contributed by atoms with van der Waals surface area (Å²) in [5.74, 6) is 3.47. The molecule has 0 atom stereocenters. The first kappa shape index (κ1) is 37.9. The zero-order valence-electron chi connectivity index (χ0n) is 30.5. The van der Waals surface area contributed by atoms with Crippen molar-refractivity contribution in [1.29, 1.82) is 0 Å². The Morgan fingerprint density at radius 3 is 1.13 bits per heavy atom. The third-order valence-electron chi connectivity index (χ3n) is 12.5. The molecule has 47 heavy (non-hydrogen) atoms. The Morgan fingerprint density at radius 1 is 0.426 bits per heavy atom. The number of rotatable bonds is 23. The summed E-state index contributed by atoms with van der Waals surface area (Å²) in [6.07, 6.45) is 39.9. The first-order valence-electron chi connectivity index (χ1n) is 20.7. The highest BCUT2D eigenvalue weighted by molar-refractivity contribution is 5.43. The summed E-state index contributed by atoms with van der Waals surface area (Å²) in [5, 5.41) is 19.8. The maximum Gasteiger partial charge on any atom is 0.115 e. The van der Waals surface area contributed by atoms with Crippen LogP contribution in [0, 0.1) is 17.8 Å². The van der Waals surface area contributed by atoms with E-state index in [4.69, 9.17) is 0 Å². The van der Waals surface area contributed by atoms with Crippen LogP contribution in [-0.2, 0) is 5.41 Å². The van der Waals surface area contributed by atoms with Gasteiger partial charge in [-0.1, -0.05) is 185 Å². The van der Waals surface area contributed by atoms with E-state index in [0.717, 1.165) is 30.6 Å². The number of aromatic hydroxyl groups is 2. The van der Waals surface area contributed by atoms with E-state index >= 15 is 0 Å². The number of hydrogen-bond donors (Lipinski definition) is 2. The Balaban J connectivity index is 0.994. The number of phenolic OH excluding ortho intramolecular Hbond substituents is 2. The third kappa shape index (κ3) is 13.5. The Bertz CT molecular complexity index is 993. The smallest absolute Gasteiger partial charge is 0.115 e. The summed E-state index contributed by atoms with van der Waals surface area (Å²) >= 11 is 0. The Labute approximate surface area is 290 Å². The minimum Gasteiger partial charge on any atom is -0.508 e. The van der Waals surface area contributed by atoms with Crippen LogP contribution in [0.3, 0.4) is 0 Å². The van der Waals surface area contributed by atoms with Gasteiger partial charge in [0.2, 0.25) is 0 Å². The van der Waals surface area contributed by atoms with Crippen LogP contribution in [0.25, 0.3) is 0 Å². The van der Waals surface area contributed by atoms with Gasteiger partial charge in [0, 0.05) is 5.41 Å². The van der Waals surface area contributed by atoms with Crippen LogP contribution < -0.4 is 0 Å². The summed E-state index contributed by atoms with van der Waals surface area (Å²) in [6, 6.07) is 15.8. The van der Waals surface area contributed by atoms with E-state index in [1.165, 1.54) is 178 Å². The molecule has 2 nitrogen and oxygen atoms in total. The highest BCUT2D eigenvalue weighted by Gasteiger charge is 2.38. The van der Waals surface area contributed by atoms with E-state index < -0.39 is 0 Å². The van der Waals surface area contributed by atoms with Crippen molar-refractivity contribution in [2.45, 2.75) is 192 Å². The molecule has 0 amide bonds. The van der Waals surface area contributed by atoms with E-state index in [1.54, 1.807) is 0 Å². The molecule has 0 spiro atoms. The van der Waals surface area contributed by atoms with Gasteiger partial charge in [0.05, 0.1) is 0 Å². The quantitative estimate of drug-likeness (QED) is 0.118. The fourth-order valence-corrected chi connectivity index (χ4v) is 9.20. The monoisotopic (exact) mass is 645 g/mol. The van der Waals surface area contributed by atoms with Crippen LogP contribution in [0.5, 0.6) is 11.5 Å². The highest BCUT2D eigenvalue weighted by atomic mass is 16.3. The second-order valence-electron chi connectivity index (χ2n) is 16.0. The second kappa shape index (κ2) is 21.9. The van der Waals surface area contributed by atoms with Gasteiger partial charge in [-0.15, -0.1) is 0 Å². The summed E-state index contributed by atoms with van der Waals surface area (Å²) < 4.78 is 0. The second-order valence-corrected chi connectivity index (χ2v) is 16.0. The maximum atomic E-state index is 9.91. The molecule has 264 valence electrons. The maximum absolute atomic E-state index is 9.91. The van der Waals surface area contributed by atoms with Gasteiger partial charge < -0.3 is 10.2 Å². The van der Waals surface area contributed by atoms with E-state index in [9.17, 15) is 10.2 Å².